The number of fused-ring (bicyclic) bond motifs is 1. The summed E-state index contributed by atoms with van der Waals surface area (Å²) in [6.07, 6.45) is 1.92. The molecule has 21 heavy (non-hydrogen) atoms. The molecule has 0 aliphatic carbocycles. The van der Waals surface area contributed by atoms with Crippen molar-refractivity contribution >= 4 is 16.9 Å². The van der Waals surface area contributed by atoms with E-state index in [0.717, 1.165) is 16.5 Å². The maximum absolute atomic E-state index is 10.9. The summed E-state index contributed by atoms with van der Waals surface area (Å²) in [6.45, 7) is 2.28. The number of aromatic carboxylic acids is 1. The second-order valence-electron chi connectivity index (χ2n) is 4.83. The highest BCUT2D eigenvalue weighted by molar-refractivity contribution is 5.85. The van der Waals surface area contributed by atoms with Crippen LogP contribution in [0.15, 0.2) is 40.9 Å². The van der Waals surface area contributed by atoms with Crippen molar-refractivity contribution in [1.82, 2.24) is 4.57 Å². The molecule has 0 unspecified atom stereocenters. The predicted molar refractivity (Wildman–Crippen MR) is 76.2 cm³/mol. The van der Waals surface area contributed by atoms with E-state index in [1.54, 1.807) is 19.1 Å². The molecule has 5 heteroatoms. The molecule has 2 heterocycles. The number of furan rings is 1. The Hall–Kier alpha value is -3.00. The summed E-state index contributed by atoms with van der Waals surface area (Å²) in [5.74, 6) is -0.519. The van der Waals surface area contributed by atoms with Crippen molar-refractivity contribution in [2.45, 2.75) is 13.5 Å². The zero-order valence-electron chi connectivity index (χ0n) is 11.3. The number of aromatic nitrogens is 1. The molecule has 0 aliphatic rings. The van der Waals surface area contributed by atoms with Crippen LogP contribution in [-0.4, -0.2) is 15.6 Å². The van der Waals surface area contributed by atoms with Crippen molar-refractivity contribution in [3.63, 3.8) is 0 Å². The Labute approximate surface area is 120 Å². The molecule has 0 aliphatic heterocycles. The number of hydrogen-bond acceptors (Lipinski definition) is 3. The molecule has 5 nitrogen and oxygen atoms in total. The summed E-state index contributed by atoms with van der Waals surface area (Å²) in [5, 5.41) is 18.8. The van der Waals surface area contributed by atoms with E-state index in [1.165, 1.54) is 0 Å². The van der Waals surface area contributed by atoms with Gasteiger partial charge in [-0.2, -0.15) is 5.26 Å². The van der Waals surface area contributed by atoms with Crippen LogP contribution in [0.4, 0.5) is 0 Å². The second-order valence-corrected chi connectivity index (χ2v) is 4.83. The van der Waals surface area contributed by atoms with E-state index in [2.05, 4.69) is 6.07 Å². The second kappa shape index (κ2) is 4.84. The van der Waals surface area contributed by atoms with E-state index in [0.29, 0.717) is 17.9 Å². The fourth-order valence-corrected chi connectivity index (χ4v) is 2.37. The molecule has 2 aromatic heterocycles. The van der Waals surface area contributed by atoms with Crippen molar-refractivity contribution in [3.8, 4) is 6.07 Å². The lowest BCUT2D eigenvalue weighted by Gasteiger charge is -2.04. The molecule has 3 aromatic rings. The maximum atomic E-state index is 10.9. The van der Waals surface area contributed by atoms with Crippen LogP contribution in [0.25, 0.3) is 10.9 Å². The average Bonchev–Trinajstić information content (AvgIpc) is 3.03. The smallest absolute Gasteiger partial charge is 0.371 e. The third-order valence-corrected chi connectivity index (χ3v) is 3.47. The summed E-state index contributed by atoms with van der Waals surface area (Å²) in [7, 11) is 0. The fraction of sp³-hybridized carbons (Fsp3) is 0.125. The quantitative estimate of drug-likeness (QED) is 0.799. The minimum Gasteiger partial charge on any atom is -0.475 e. The Bertz CT molecular complexity index is 881. The first-order valence-electron chi connectivity index (χ1n) is 6.40. The number of benzene rings is 1. The maximum Gasteiger partial charge on any atom is 0.371 e. The van der Waals surface area contributed by atoms with Gasteiger partial charge < -0.3 is 14.1 Å². The van der Waals surface area contributed by atoms with E-state index in [4.69, 9.17) is 14.8 Å². The lowest BCUT2D eigenvalue weighted by atomic mass is 10.2. The summed E-state index contributed by atoms with van der Waals surface area (Å²) in [5.41, 5.74) is 2.44. The van der Waals surface area contributed by atoms with E-state index in [9.17, 15) is 4.79 Å². The average molecular weight is 280 g/mol. The molecule has 0 fully saturated rings. The van der Waals surface area contributed by atoms with Gasteiger partial charge in [-0.1, -0.05) is 0 Å². The fourth-order valence-electron chi connectivity index (χ4n) is 2.37. The summed E-state index contributed by atoms with van der Waals surface area (Å²) >= 11 is 0. The van der Waals surface area contributed by atoms with Gasteiger partial charge in [-0.15, -0.1) is 0 Å². The predicted octanol–water partition coefficient (Wildman–Crippen LogP) is 3.16. The number of carboxylic acid groups (broad SMARTS) is 1. The molecule has 1 aromatic carbocycles. The van der Waals surface area contributed by atoms with Crippen molar-refractivity contribution in [2.75, 3.05) is 0 Å². The molecule has 3 rings (SSSR count). The van der Waals surface area contributed by atoms with E-state index < -0.39 is 5.97 Å². The summed E-state index contributed by atoms with van der Waals surface area (Å²) in [4.78, 5) is 10.9. The number of nitrogens with zero attached hydrogens (tertiary/aromatic N) is 2. The number of rotatable bonds is 3. The third-order valence-electron chi connectivity index (χ3n) is 3.47. The van der Waals surface area contributed by atoms with E-state index in [1.807, 2.05) is 29.0 Å². The highest BCUT2D eigenvalue weighted by atomic mass is 16.4. The molecule has 0 saturated heterocycles. The van der Waals surface area contributed by atoms with Crippen LogP contribution in [0.2, 0.25) is 0 Å². The first-order chi connectivity index (χ1) is 10.1. The SMILES string of the molecule is Cc1oc(C(=O)O)cc1Cn1ccc2cc(C#N)ccc21. The van der Waals surface area contributed by atoms with Gasteiger partial charge in [0.05, 0.1) is 18.2 Å². The molecule has 0 spiro atoms. The Kier molecular flexibility index (Phi) is 2.99. The van der Waals surface area contributed by atoms with Gasteiger partial charge in [0.15, 0.2) is 0 Å². The highest BCUT2D eigenvalue weighted by Crippen LogP contribution is 2.21. The third kappa shape index (κ3) is 2.28. The molecular formula is C16H12N2O3. The van der Waals surface area contributed by atoms with Crippen LogP contribution in [0.5, 0.6) is 0 Å². The lowest BCUT2D eigenvalue weighted by Crippen LogP contribution is -1.98. The zero-order valence-corrected chi connectivity index (χ0v) is 11.3. The Morgan fingerprint density at radius 3 is 2.86 bits per heavy atom. The van der Waals surface area contributed by atoms with Crippen molar-refractivity contribution in [3.05, 3.63) is 59.2 Å². The van der Waals surface area contributed by atoms with Gasteiger partial charge in [0.1, 0.15) is 5.76 Å². The molecule has 0 atom stereocenters. The number of nitriles is 1. The molecule has 1 N–H and O–H groups in total. The van der Waals surface area contributed by atoms with Gasteiger partial charge in [-0.25, -0.2) is 4.79 Å². The van der Waals surface area contributed by atoms with Crippen molar-refractivity contribution in [2.24, 2.45) is 0 Å². The monoisotopic (exact) mass is 280 g/mol. The standard InChI is InChI=1S/C16H12N2O3/c1-10-13(7-15(21-10)16(19)20)9-18-5-4-12-6-11(8-17)2-3-14(12)18/h2-7H,9H2,1H3,(H,19,20). The van der Waals surface area contributed by atoms with Crippen molar-refractivity contribution in [1.29, 1.82) is 5.26 Å². The summed E-state index contributed by atoms with van der Waals surface area (Å²) < 4.78 is 7.22. The molecular weight excluding hydrogens is 268 g/mol. The number of hydrogen-bond donors (Lipinski definition) is 1. The number of carbonyl (C=O) groups is 1. The number of aryl methyl sites for hydroxylation is 1. The van der Waals surface area contributed by atoms with Crippen LogP contribution in [0.3, 0.4) is 0 Å². The number of carboxylic acids is 1. The largest absolute Gasteiger partial charge is 0.475 e. The van der Waals surface area contributed by atoms with Crippen LogP contribution in [0, 0.1) is 18.3 Å². The van der Waals surface area contributed by atoms with Gasteiger partial charge in [0.25, 0.3) is 0 Å². The van der Waals surface area contributed by atoms with Gasteiger partial charge in [0, 0.05) is 22.7 Å². The molecule has 0 amide bonds. The summed E-state index contributed by atoms with van der Waals surface area (Å²) in [6, 6.07) is 11.1. The van der Waals surface area contributed by atoms with Crippen molar-refractivity contribution < 1.29 is 14.3 Å². The molecule has 0 bridgehead atoms. The van der Waals surface area contributed by atoms with E-state index >= 15 is 0 Å². The van der Waals surface area contributed by atoms with Crippen LogP contribution >= 0.6 is 0 Å². The Morgan fingerprint density at radius 2 is 2.19 bits per heavy atom. The van der Waals surface area contributed by atoms with Crippen LogP contribution in [0.1, 0.15) is 27.4 Å². The topological polar surface area (TPSA) is 79.2 Å². The van der Waals surface area contributed by atoms with Gasteiger partial charge in [0.2, 0.25) is 5.76 Å². The van der Waals surface area contributed by atoms with Gasteiger partial charge >= 0.3 is 5.97 Å². The van der Waals surface area contributed by atoms with Crippen LogP contribution in [-0.2, 0) is 6.54 Å². The van der Waals surface area contributed by atoms with E-state index in [-0.39, 0.29) is 5.76 Å². The Morgan fingerprint density at radius 1 is 1.38 bits per heavy atom. The molecule has 0 saturated carbocycles. The highest BCUT2D eigenvalue weighted by Gasteiger charge is 2.14. The minimum atomic E-state index is -1.07. The zero-order chi connectivity index (χ0) is 15.0. The van der Waals surface area contributed by atoms with Crippen LogP contribution < -0.4 is 0 Å². The first-order valence-corrected chi connectivity index (χ1v) is 6.40. The van der Waals surface area contributed by atoms with Gasteiger partial charge in [-0.05, 0) is 37.3 Å². The molecule has 0 radical (unpaired) electrons. The first kappa shape index (κ1) is 13.0. The minimum absolute atomic E-state index is 0.0503. The van der Waals surface area contributed by atoms with Gasteiger partial charge in [-0.3, -0.25) is 0 Å². The normalized spacial score (nSPS) is 10.7. The lowest BCUT2D eigenvalue weighted by molar-refractivity contribution is 0.0661. The Balaban J connectivity index is 1.99. The molecule has 104 valence electrons.